The number of carbonyl (C=O) groups is 1. The largest absolute Gasteiger partial charge is 0.476 e. The first-order chi connectivity index (χ1) is 15.5. The van der Waals surface area contributed by atoms with E-state index >= 15 is 0 Å². The van der Waals surface area contributed by atoms with E-state index in [4.69, 9.17) is 4.74 Å². The van der Waals surface area contributed by atoms with Crippen molar-refractivity contribution in [3.05, 3.63) is 64.0 Å². The van der Waals surface area contributed by atoms with E-state index in [2.05, 4.69) is 51.4 Å². The molecule has 0 atom stereocenters. The minimum absolute atomic E-state index is 0.144. The molecule has 9 nitrogen and oxygen atoms in total. The van der Waals surface area contributed by atoms with E-state index in [0.29, 0.717) is 17.8 Å². The van der Waals surface area contributed by atoms with Gasteiger partial charge < -0.3 is 10.1 Å². The molecule has 168 valence electrons. The van der Waals surface area contributed by atoms with Crippen molar-refractivity contribution in [1.29, 1.82) is 0 Å². The summed E-state index contributed by atoms with van der Waals surface area (Å²) in [5.74, 6) is 0.732. The number of hydrogen-bond acceptors (Lipinski definition) is 7. The van der Waals surface area contributed by atoms with Crippen LogP contribution in [0.2, 0.25) is 0 Å². The lowest BCUT2D eigenvalue weighted by atomic mass is 10.1. The monoisotopic (exact) mass is 437 g/mol. The van der Waals surface area contributed by atoms with E-state index < -0.39 is 4.92 Å². The molecule has 0 unspecified atom stereocenters. The number of nitro groups is 1. The number of ether oxygens (including phenoxy) is 1. The third kappa shape index (κ3) is 6.45. The van der Waals surface area contributed by atoms with Gasteiger partial charge in [-0.2, -0.15) is 0 Å². The maximum atomic E-state index is 10.3. The highest BCUT2D eigenvalue weighted by molar-refractivity contribution is 5.79. The van der Waals surface area contributed by atoms with Gasteiger partial charge in [-0.05, 0) is 58.0 Å². The van der Waals surface area contributed by atoms with Crippen LogP contribution in [0.5, 0.6) is 5.88 Å². The van der Waals surface area contributed by atoms with Crippen molar-refractivity contribution in [1.82, 2.24) is 14.9 Å². The van der Waals surface area contributed by atoms with Crippen LogP contribution >= 0.6 is 0 Å². The summed E-state index contributed by atoms with van der Waals surface area (Å²) in [6.07, 6.45) is 4.25. The fraction of sp³-hybridized carbons (Fsp3) is 0.348. The van der Waals surface area contributed by atoms with Crippen LogP contribution < -0.4 is 10.1 Å². The third-order valence-corrected chi connectivity index (χ3v) is 5.17. The number of nitrogens with one attached hydrogen (secondary N) is 1. The molecule has 0 saturated carbocycles. The van der Waals surface area contributed by atoms with Crippen molar-refractivity contribution in [3.8, 4) is 5.88 Å². The Hall–Kier alpha value is -3.59. The number of anilines is 1. The normalized spacial score (nSPS) is 13.3. The summed E-state index contributed by atoms with van der Waals surface area (Å²) in [6.45, 7) is 7.91. The Balaban J connectivity index is 0.000000195. The van der Waals surface area contributed by atoms with Crippen LogP contribution in [0.4, 0.5) is 11.4 Å². The maximum absolute atomic E-state index is 10.3. The minimum atomic E-state index is -0.567. The summed E-state index contributed by atoms with van der Waals surface area (Å²) < 4.78 is 5.75. The second-order valence-corrected chi connectivity index (χ2v) is 7.59. The fourth-order valence-corrected chi connectivity index (χ4v) is 3.42. The van der Waals surface area contributed by atoms with Gasteiger partial charge in [0.1, 0.15) is 12.8 Å². The van der Waals surface area contributed by atoms with Gasteiger partial charge in [-0.3, -0.25) is 24.8 Å². The highest BCUT2D eigenvalue weighted by atomic mass is 16.6. The molecule has 1 aromatic carbocycles. The number of rotatable bonds is 7. The van der Waals surface area contributed by atoms with Crippen LogP contribution in [0, 0.1) is 24.0 Å². The van der Waals surface area contributed by atoms with Crippen molar-refractivity contribution in [2.24, 2.45) is 0 Å². The molecule has 0 aliphatic carbocycles. The molecular formula is C23H27N5O4. The molecule has 3 heterocycles. The molecule has 32 heavy (non-hydrogen) atoms. The molecule has 1 saturated heterocycles. The van der Waals surface area contributed by atoms with Gasteiger partial charge in [0.25, 0.3) is 5.69 Å². The zero-order chi connectivity index (χ0) is 22.9. The second kappa shape index (κ2) is 11.1. The summed E-state index contributed by atoms with van der Waals surface area (Å²) in [5.41, 5.74) is 3.01. The van der Waals surface area contributed by atoms with E-state index in [1.54, 1.807) is 6.92 Å². The van der Waals surface area contributed by atoms with Crippen LogP contribution in [0.25, 0.3) is 10.9 Å². The van der Waals surface area contributed by atoms with Gasteiger partial charge in [0.2, 0.25) is 12.3 Å². The summed E-state index contributed by atoms with van der Waals surface area (Å²) in [4.78, 5) is 30.6. The third-order valence-electron chi connectivity index (χ3n) is 5.17. The van der Waals surface area contributed by atoms with Crippen molar-refractivity contribution in [2.45, 2.75) is 26.7 Å². The van der Waals surface area contributed by atoms with Crippen LogP contribution in [-0.4, -0.2) is 52.4 Å². The standard InChI is InChI=1S/C16H20N2O.C7H7N3O3/c1-13-4-6-15-14(12-13)5-7-16(17-15)19-11-10-18-8-2-3-9-18;1-5-7(9-4-11)2-6(3-8-5)10(12)13/h4-7,12H,2-3,8-11H2,1H3;2-4H,1H3,(H,9,11). The minimum Gasteiger partial charge on any atom is -0.476 e. The number of benzene rings is 1. The summed E-state index contributed by atoms with van der Waals surface area (Å²) in [7, 11) is 0. The summed E-state index contributed by atoms with van der Waals surface area (Å²) in [6, 6.07) is 11.6. The van der Waals surface area contributed by atoms with E-state index in [1.807, 2.05) is 6.07 Å². The first-order valence-electron chi connectivity index (χ1n) is 10.5. The zero-order valence-electron chi connectivity index (χ0n) is 18.3. The number of nitrogens with zero attached hydrogens (tertiary/aromatic N) is 4. The number of aryl methyl sites for hydroxylation is 2. The van der Waals surface area contributed by atoms with Crippen molar-refractivity contribution >= 4 is 28.7 Å². The Bertz CT molecular complexity index is 1080. The zero-order valence-corrected chi connectivity index (χ0v) is 18.3. The van der Waals surface area contributed by atoms with Crippen molar-refractivity contribution < 1.29 is 14.5 Å². The molecule has 1 N–H and O–H groups in total. The predicted molar refractivity (Wildman–Crippen MR) is 123 cm³/mol. The average Bonchev–Trinajstić information content (AvgIpc) is 3.29. The molecule has 9 heteroatoms. The lowest BCUT2D eigenvalue weighted by molar-refractivity contribution is -0.385. The molecule has 0 spiro atoms. The van der Waals surface area contributed by atoms with Crippen LogP contribution in [0.15, 0.2) is 42.6 Å². The number of carbonyl (C=O) groups excluding carboxylic acids is 1. The molecule has 0 bridgehead atoms. The van der Waals surface area contributed by atoms with Gasteiger partial charge in [-0.1, -0.05) is 11.6 Å². The first-order valence-corrected chi connectivity index (χ1v) is 10.5. The highest BCUT2D eigenvalue weighted by Gasteiger charge is 2.11. The van der Waals surface area contributed by atoms with Crippen LogP contribution in [0.3, 0.4) is 0 Å². The van der Waals surface area contributed by atoms with E-state index in [1.165, 1.54) is 42.9 Å². The number of pyridine rings is 2. The molecule has 2 aromatic heterocycles. The lowest BCUT2D eigenvalue weighted by Gasteiger charge is -2.14. The number of likely N-dealkylation sites (tertiary alicyclic amines) is 1. The van der Waals surface area contributed by atoms with E-state index in [-0.39, 0.29) is 5.69 Å². The fourth-order valence-electron chi connectivity index (χ4n) is 3.42. The molecule has 0 radical (unpaired) electrons. The smallest absolute Gasteiger partial charge is 0.289 e. The number of aromatic nitrogens is 2. The van der Waals surface area contributed by atoms with Gasteiger partial charge in [-0.25, -0.2) is 4.98 Å². The molecule has 1 aliphatic rings. The second-order valence-electron chi connectivity index (χ2n) is 7.59. The van der Waals surface area contributed by atoms with E-state index in [0.717, 1.165) is 30.7 Å². The lowest BCUT2D eigenvalue weighted by Crippen LogP contribution is -2.25. The SMILES string of the molecule is Cc1ccc2nc(OCCN3CCCC3)ccc2c1.Cc1ncc([N+](=O)[O-])cc1NC=O. The first kappa shape index (κ1) is 23.1. The van der Waals surface area contributed by atoms with Gasteiger partial charge in [-0.15, -0.1) is 0 Å². The molecule has 4 rings (SSSR count). The topological polar surface area (TPSA) is 110 Å². The number of fused-ring (bicyclic) bond motifs is 1. The van der Waals surface area contributed by atoms with Gasteiger partial charge >= 0.3 is 0 Å². The molecule has 1 aliphatic heterocycles. The molecule has 3 aromatic rings. The van der Waals surface area contributed by atoms with Crippen molar-refractivity contribution in [2.75, 3.05) is 31.6 Å². The number of hydrogen-bond donors (Lipinski definition) is 1. The Kier molecular flexibility index (Phi) is 8.04. The summed E-state index contributed by atoms with van der Waals surface area (Å²) >= 11 is 0. The Labute approximate surface area is 186 Å². The Morgan fingerprint density at radius 2 is 1.97 bits per heavy atom. The molecular weight excluding hydrogens is 410 g/mol. The van der Waals surface area contributed by atoms with Crippen molar-refractivity contribution in [3.63, 3.8) is 0 Å². The summed E-state index contributed by atoms with van der Waals surface area (Å²) in [5, 5.41) is 13.8. The predicted octanol–water partition coefficient (Wildman–Crippen LogP) is 3.88. The Morgan fingerprint density at radius 1 is 1.19 bits per heavy atom. The highest BCUT2D eigenvalue weighted by Crippen LogP contribution is 2.19. The molecule has 1 fully saturated rings. The average molecular weight is 438 g/mol. The maximum Gasteiger partial charge on any atom is 0.289 e. The van der Waals surface area contributed by atoms with Gasteiger partial charge in [0.15, 0.2) is 0 Å². The van der Waals surface area contributed by atoms with Crippen LogP contribution in [-0.2, 0) is 4.79 Å². The van der Waals surface area contributed by atoms with Crippen LogP contribution in [0.1, 0.15) is 24.1 Å². The Morgan fingerprint density at radius 3 is 2.69 bits per heavy atom. The van der Waals surface area contributed by atoms with Gasteiger partial charge in [0.05, 0.1) is 21.8 Å². The quantitative estimate of drug-likeness (QED) is 0.339. The van der Waals surface area contributed by atoms with E-state index in [9.17, 15) is 14.9 Å². The number of amides is 1. The van der Waals surface area contributed by atoms with Gasteiger partial charge in [0, 0.05) is 24.1 Å². The molecule has 1 amide bonds.